The molecule has 2 unspecified atom stereocenters. The molecule has 1 N–H and O–H groups in total. The molecule has 1 heterocycles. The highest BCUT2D eigenvalue weighted by atomic mass is 32.2. The lowest BCUT2D eigenvalue weighted by molar-refractivity contribution is -0.141. The predicted octanol–water partition coefficient (Wildman–Crippen LogP) is 1.45. The van der Waals surface area contributed by atoms with Gasteiger partial charge in [-0.3, -0.25) is 4.79 Å². The summed E-state index contributed by atoms with van der Waals surface area (Å²) < 4.78 is 52.6. The van der Waals surface area contributed by atoms with Crippen molar-refractivity contribution in [2.75, 3.05) is 6.54 Å². The Kier molecular flexibility index (Phi) is 3.79. The molecule has 0 spiro atoms. The second kappa shape index (κ2) is 5.10. The molecule has 1 aromatic rings. The van der Waals surface area contributed by atoms with E-state index in [-0.39, 0.29) is 6.54 Å². The molecule has 20 heavy (non-hydrogen) atoms. The van der Waals surface area contributed by atoms with Gasteiger partial charge >= 0.3 is 5.97 Å². The zero-order valence-electron chi connectivity index (χ0n) is 10.6. The first-order valence-electron chi connectivity index (χ1n) is 5.95. The SMILES string of the molecule is CC1CCN(S(=O)(=O)c2c(F)cccc2F)C1C(=O)O. The minimum absolute atomic E-state index is 0.0752. The molecule has 5 nitrogen and oxygen atoms in total. The molecule has 0 saturated carbocycles. The van der Waals surface area contributed by atoms with E-state index < -0.39 is 44.5 Å². The normalized spacial score (nSPS) is 23.9. The van der Waals surface area contributed by atoms with Gasteiger partial charge in [-0.15, -0.1) is 0 Å². The highest BCUT2D eigenvalue weighted by Gasteiger charge is 2.45. The quantitative estimate of drug-likeness (QED) is 0.917. The first kappa shape index (κ1) is 14.9. The van der Waals surface area contributed by atoms with Crippen LogP contribution in [0.1, 0.15) is 13.3 Å². The second-order valence-corrected chi connectivity index (χ2v) is 6.54. The van der Waals surface area contributed by atoms with E-state index in [4.69, 9.17) is 5.11 Å². The van der Waals surface area contributed by atoms with E-state index in [1.54, 1.807) is 6.92 Å². The van der Waals surface area contributed by atoms with Crippen molar-refractivity contribution < 1.29 is 27.1 Å². The molecule has 1 aliphatic rings. The number of sulfonamides is 1. The summed E-state index contributed by atoms with van der Waals surface area (Å²) in [6.45, 7) is 1.51. The van der Waals surface area contributed by atoms with Crippen LogP contribution in [0.15, 0.2) is 23.1 Å². The Bertz CT molecular complexity index is 627. The highest BCUT2D eigenvalue weighted by molar-refractivity contribution is 7.89. The molecular weight excluding hydrogens is 292 g/mol. The lowest BCUT2D eigenvalue weighted by atomic mass is 10.0. The van der Waals surface area contributed by atoms with Crippen LogP contribution in [0.4, 0.5) is 8.78 Å². The van der Waals surface area contributed by atoms with E-state index in [0.717, 1.165) is 18.2 Å². The van der Waals surface area contributed by atoms with Crippen LogP contribution in [0.25, 0.3) is 0 Å². The van der Waals surface area contributed by atoms with Gasteiger partial charge in [0.2, 0.25) is 10.0 Å². The van der Waals surface area contributed by atoms with Gasteiger partial charge in [0.1, 0.15) is 17.7 Å². The predicted molar refractivity (Wildman–Crippen MR) is 65.5 cm³/mol. The van der Waals surface area contributed by atoms with E-state index in [2.05, 4.69) is 0 Å². The molecule has 2 atom stereocenters. The third-order valence-electron chi connectivity index (χ3n) is 3.39. The van der Waals surface area contributed by atoms with Gasteiger partial charge in [-0.05, 0) is 24.5 Å². The van der Waals surface area contributed by atoms with Crippen molar-refractivity contribution in [3.63, 3.8) is 0 Å². The topological polar surface area (TPSA) is 74.7 Å². The number of carboxylic acids is 1. The first-order valence-corrected chi connectivity index (χ1v) is 7.39. The summed E-state index contributed by atoms with van der Waals surface area (Å²) >= 11 is 0. The number of hydrogen-bond donors (Lipinski definition) is 1. The molecule has 110 valence electrons. The van der Waals surface area contributed by atoms with E-state index in [1.165, 1.54) is 0 Å². The fraction of sp³-hybridized carbons (Fsp3) is 0.417. The van der Waals surface area contributed by atoms with Crippen LogP contribution in [-0.4, -0.2) is 36.4 Å². The molecule has 8 heteroatoms. The van der Waals surface area contributed by atoms with Crippen LogP contribution in [0.3, 0.4) is 0 Å². The Morgan fingerprint density at radius 3 is 2.40 bits per heavy atom. The average Bonchev–Trinajstić information content (AvgIpc) is 2.71. The Balaban J connectivity index is 2.53. The average molecular weight is 305 g/mol. The molecule has 0 radical (unpaired) electrons. The highest BCUT2D eigenvalue weighted by Crippen LogP contribution is 2.32. The standard InChI is InChI=1S/C12H13F2NO4S/c1-7-5-6-15(10(7)12(16)17)20(18,19)11-8(13)3-2-4-9(11)14/h2-4,7,10H,5-6H2,1H3,(H,16,17). The monoisotopic (exact) mass is 305 g/mol. The van der Waals surface area contributed by atoms with Crippen molar-refractivity contribution >= 4 is 16.0 Å². The van der Waals surface area contributed by atoms with Crippen molar-refractivity contribution in [2.24, 2.45) is 5.92 Å². The van der Waals surface area contributed by atoms with Crippen molar-refractivity contribution in [3.05, 3.63) is 29.8 Å². The van der Waals surface area contributed by atoms with Gasteiger partial charge < -0.3 is 5.11 Å². The van der Waals surface area contributed by atoms with Crippen LogP contribution in [0.5, 0.6) is 0 Å². The van der Waals surface area contributed by atoms with Gasteiger partial charge in [0.25, 0.3) is 0 Å². The Hall–Kier alpha value is -1.54. The van der Waals surface area contributed by atoms with Crippen LogP contribution < -0.4 is 0 Å². The summed E-state index contributed by atoms with van der Waals surface area (Å²) in [6, 6.07) is 1.39. The molecule has 1 fully saturated rings. The molecular formula is C12H13F2NO4S. The van der Waals surface area contributed by atoms with Crippen molar-refractivity contribution in [1.29, 1.82) is 0 Å². The number of aliphatic carboxylic acids is 1. The Morgan fingerprint density at radius 2 is 1.90 bits per heavy atom. The van der Waals surface area contributed by atoms with E-state index >= 15 is 0 Å². The van der Waals surface area contributed by atoms with Crippen LogP contribution in [0, 0.1) is 17.6 Å². The molecule has 1 saturated heterocycles. The molecule has 0 bridgehead atoms. The molecule has 0 aliphatic carbocycles. The fourth-order valence-electron chi connectivity index (χ4n) is 2.39. The van der Waals surface area contributed by atoms with Gasteiger partial charge in [0, 0.05) is 6.54 Å². The maximum Gasteiger partial charge on any atom is 0.322 e. The van der Waals surface area contributed by atoms with E-state index in [0.29, 0.717) is 10.7 Å². The number of rotatable bonds is 3. The minimum atomic E-state index is -4.52. The fourth-order valence-corrected chi connectivity index (χ4v) is 4.20. The lowest BCUT2D eigenvalue weighted by Gasteiger charge is -2.23. The number of nitrogens with zero attached hydrogens (tertiary/aromatic N) is 1. The number of carbonyl (C=O) groups is 1. The third-order valence-corrected chi connectivity index (χ3v) is 5.33. The maximum absolute atomic E-state index is 13.6. The summed E-state index contributed by atoms with van der Waals surface area (Å²) in [4.78, 5) is 10.1. The summed E-state index contributed by atoms with van der Waals surface area (Å²) in [7, 11) is -4.52. The molecule has 2 rings (SSSR count). The lowest BCUT2D eigenvalue weighted by Crippen LogP contribution is -2.43. The van der Waals surface area contributed by atoms with Crippen LogP contribution in [0.2, 0.25) is 0 Å². The second-order valence-electron chi connectivity index (χ2n) is 4.72. The molecule has 0 amide bonds. The van der Waals surface area contributed by atoms with Crippen LogP contribution >= 0.6 is 0 Å². The van der Waals surface area contributed by atoms with Crippen LogP contribution in [-0.2, 0) is 14.8 Å². The molecule has 1 aliphatic heterocycles. The number of hydrogen-bond acceptors (Lipinski definition) is 3. The number of carboxylic acid groups (broad SMARTS) is 1. The van der Waals surface area contributed by atoms with E-state index in [9.17, 15) is 22.0 Å². The molecule has 1 aromatic carbocycles. The van der Waals surface area contributed by atoms with Crippen molar-refractivity contribution in [2.45, 2.75) is 24.3 Å². The number of halogens is 2. The summed E-state index contributed by atoms with van der Waals surface area (Å²) in [5, 5.41) is 9.11. The minimum Gasteiger partial charge on any atom is -0.480 e. The summed E-state index contributed by atoms with van der Waals surface area (Å²) in [5.41, 5.74) is 0. The zero-order chi connectivity index (χ0) is 15.1. The smallest absolute Gasteiger partial charge is 0.322 e. The van der Waals surface area contributed by atoms with E-state index in [1.807, 2.05) is 0 Å². The summed E-state index contributed by atoms with van der Waals surface area (Å²) in [5.74, 6) is -4.20. The first-order chi connectivity index (χ1) is 9.26. The summed E-state index contributed by atoms with van der Waals surface area (Å²) in [6.07, 6.45) is 0.326. The van der Waals surface area contributed by atoms with Crippen molar-refractivity contribution in [3.8, 4) is 0 Å². The van der Waals surface area contributed by atoms with Crippen molar-refractivity contribution in [1.82, 2.24) is 4.31 Å². The number of benzene rings is 1. The van der Waals surface area contributed by atoms with Gasteiger partial charge in [0.05, 0.1) is 0 Å². The zero-order valence-corrected chi connectivity index (χ0v) is 11.4. The van der Waals surface area contributed by atoms with Gasteiger partial charge in [0.15, 0.2) is 4.90 Å². The van der Waals surface area contributed by atoms with Gasteiger partial charge in [-0.2, -0.15) is 4.31 Å². The van der Waals surface area contributed by atoms with Gasteiger partial charge in [-0.25, -0.2) is 17.2 Å². The molecule has 0 aromatic heterocycles. The maximum atomic E-state index is 13.6. The third kappa shape index (κ3) is 2.29. The Labute approximate surface area is 114 Å². The van der Waals surface area contributed by atoms with Gasteiger partial charge in [-0.1, -0.05) is 13.0 Å². The largest absolute Gasteiger partial charge is 0.480 e. The Morgan fingerprint density at radius 1 is 1.35 bits per heavy atom.